The first-order chi connectivity index (χ1) is 14.9. The van der Waals surface area contributed by atoms with Gasteiger partial charge >= 0.3 is 0 Å². The van der Waals surface area contributed by atoms with Crippen LogP contribution < -0.4 is 0 Å². The van der Waals surface area contributed by atoms with Crippen molar-refractivity contribution in [3.8, 4) is 0 Å². The lowest BCUT2D eigenvalue weighted by Crippen LogP contribution is -2.48. The van der Waals surface area contributed by atoms with Gasteiger partial charge in [0.2, 0.25) is 0 Å². The number of morpholine rings is 1. The Labute approximate surface area is 186 Å². The van der Waals surface area contributed by atoms with Crippen molar-refractivity contribution in [2.24, 2.45) is 0 Å². The lowest BCUT2D eigenvalue weighted by Gasteiger charge is -2.36. The van der Waals surface area contributed by atoms with Crippen molar-refractivity contribution in [3.63, 3.8) is 0 Å². The summed E-state index contributed by atoms with van der Waals surface area (Å²) >= 11 is 0. The van der Waals surface area contributed by atoms with Crippen LogP contribution in [0, 0.1) is 0 Å². The van der Waals surface area contributed by atoms with Crippen molar-refractivity contribution in [3.05, 3.63) is 52.8 Å². The summed E-state index contributed by atoms with van der Waals surface area (Å²) in [7, 11) is 0. The molecule has 168 valence electrons. The van der Waals surface area contributed by atoms with Crippen LogP contribution in [0.4, 0.5) is 0 Å². The Morgan fingerprint density at radius 2 is 1.77 bits per heavy atom. The number of hydrogen-bond donors (Lipinski definition) is 1. The zero-order valence-electron chi connectivity index (χ0n) is 19.3. The van der Waals surface area contributed by atoms with E-state index >= 15 is 0 Å². The average Bonchev–Trinajstić information content (AvgIpc) is 3.23. The number of carbonyl (C=O) groups excluding carboxylic acids is 1. The molecule has 0 saturated carbocycles. The summed E-state index contributed by atoms with van der Waals surface area (Å²) in [5, 5.41) is 7.40. The van der Waals surface area contributed by atoms with Gasteiger partial charge in [-0.05, 0) is 56.8 Å². The number of piperidine rings is 1. The summed E-state index contributed by atoms with van der Waals surface area (Å²) in [6.07, 6.45) is 3.94. The van der Waals surface area contributed by atoms with Crippen LogP contribution in [0.25, 0.3) is 0 Å². The highest BCUT2D eigenvalue weighted by atomic mass is 16.5. The summed E-state index contributed by atoms with van der Waals surface area (Å²) < 4.78 is 5.79. The monoisotopic (exact) mass is 424 g/mol. The maximum Gasteiger partial charge on any atom is 0.257 e. The van der Waals surface area contributed by atoms with Crippen LogP contribution in [-0.4, -0.2) is 64.3 Å². The van der Waals surface area contributed by atoms with Crippen molar-refractivity contribution in [2.45, 2.75) is 71.1 Å². The highest BCUT2D eigenvalue weighted by molar-refractivity contribution is 5.95. The first-order valence-corrected chi connectivity index (χ1v) is 11.7. The van der Waals surface area contributed by atoms with Crippen LogP contribution in [0.2, 0.25) is 0 Å². The summed E-state index contributed by atoms with van der Waals surface area (Å²) in [6.45, 7) is 12.9. The van der Waals surface area contributed by atoms with Gasteiger partial charge in [0.25, 0.3) is 5.91 Å². The van der Waals surface area contributed by atoms with Crippen LogP contribution in [0.5, 0.6) is 0 Å². The van der Waals surface area contributed by atoms with E-state index in [2.05, 4.69) is 53.2 Å². The molecule has 6 nitrogen and oxygen atoms in total. The number of benzene rings is 1. The van der Waals surface area contributed by atoms with Gasteiger partial charge in [-0.1, -0.05) is 38.1 Å². The lowest BCUT2D eigenvalue weighted by atomic mass is 9.90. The molecule has 2 atom stereocenters. The Bertz CT molecular complexity index is 858. The van der Waals surface area contributed by atoms with Gasteiger partial charge in [0.1, 0.15) is 0 Å². The minimum absolute atomic E-state index is 0.0703. The topological polar surface area (TPSA) is 61.5 Å². The summed E-state index contributed by atoms with van der Waals surface area (Å²) in [6, 6.07) is 9.03. The van der Waals surface area contributed by atoms with Gasteiger partial charge in [0, 0.05) is 25.6 Å². The Kier molecular flexibility index (Phi) is 6.77. The predicted octanol–water partition coefficient (Wildman–Crippen LogP) is 4.16. The maximum absolute atomic E-state index is 13.2. The van der Waals surface area contributed by atoms with Crippen molar-refractivity contribution in [2.75, 3.05) is 26.2 Å². The number of hydrogen-bond acceptors (Lipinski definition) is 4. The number of amides is 1. The van der Waals surface area contributed by atoms with Crippen molar-refractivity contribution >= 4 is 5.91 Å². The van der Waals surface area contributed by atoms with E-state index in [0.717, 1.165) is 43.7 Å². The second-order valence-electron chi connectivity index (χ2n) is 9.61. The number of aromatic amines is 1. The largest absolute Gasteiger partial charge is 0.372 e. The fourth-order valence-corrected chi connectivity index (χ4v) is 4.94. The van der Waals surface area contributed by atoms with E-state index in [0.29, 0.717) is 24.9 Å². The number of H-pyrrole nitrogens is 1. The molecule has 1 N–H and O–H groups in total. The number of nitrogens with zero attached hydrogens (tertiary/aromatic N) is 3. The number of aromatic nitrogens is 2. The molecule has 2 aromatic rings. The first-order valence-electron chi connectivity index (χ1n) is 11.7. The van der Waals surface area contributed by atoms with Crippen LogP contribution >= 0.6 is 0 Å². The van der Waals surface area contributed by atoms with E-state index < -0.39 is 0 Å². The molecule has 4 rings (SSSR count). The molecule has 6 heteroatoms. The summed E-state index contributed by atoms with van der Waals surface area (Å²) in [5.74, 6) is 1.01. The van der Waals surface area contributed by atoms with Crippen molar-refractivity contribution < 1.29 is 9.53 Å². The average molecular weight is 425 g/mol. The number of ether oxygens (including phenoxy) is 1. The molecule has 0 aliphatic carbocycles. The third kappa shape index (κ3) is 5.18. The van der Waals surface area contributed by atoms with Gasteiger partial charge in [0.05, 0.1) is 29.7 Å². The molecule has 2 aliphatic heterocycles. The van der Waals surface area contributed by atoms with Gasteiger partial charge in [-0.15, -0.1) is 0 Å². The van der Waals surface area contributed by atoms with Gasteiger partial charge in [-0.3, -0.25) is 14.8 Å². The van der Waals surface area contributed by atoms with E-state index in [1.165, 1.54) is 11.1 Å². The quantitative estimate of drug-likeness (QED) is 0.783. The summed E-state index contributed by atoms with van der Waals surface area (Å²) in [4.78, 5) is 17.6. The second kappa shape index (κ2) is 9.53. The molecule has 2 saturated heterocycles. The molecule has 0 bridgehead atoms. The smallest absolute Gasteiger partial charge is 0.257 e. The molecular weight excluding hydrogens is 388 g/mol. The molecule has 0 radical (unpaired) electrons. The predicted molar refractivity (Wildman–Crippen MR) is 122 cm³/mol. The van der Waals surface area contributed by atoms with Gasteiger partial charge < -0.3 is 9.64 Å². The van der Waals surface area contributed by atoms with Crippen LogP contribution in [0.15, 0.2) is 30.5 Å². The Morgan fingerprint density at radius 1 is 1.13 bits per heavy atom. The minimum atomic E-state index is 0.0703. The van der Waals surface area contributed by atoms with Gasteiger partial charge in [-0.25, -0.2) is 0 Å². The van der Waals surface area contributed by atoms with E-state index in [1.54, 1.807) is 6.20 Å². The van der Waals surface area contributed by atoms with E-state index in [1.807, 2.05) is 18.7 Å². The number of carbonyl (C=O) groups is 1. The standard InChI is InChI=1S/C25H36N4O2/c1-17(2)21-7-5-20(6-8-21)16-28-11-9-22(10-12-28)24-23(13-26-27-24)25(30)29-14-18(3)31-19(4)15-29/h5-8,13,17-19,22H,9-12,14-16H2,1-4H3,(H,26,27)/t18-,19-/m0/s1. The van der Waals surface area contributed by atoms with Crippen LogP contribution in [-0.2, 0) is 11.3 Å². The van der Waals surface area contributed by atoms with E-state index in [-0.39, 0.29) is 18.1 Å². The van der Waals surface area contributed by atoms with Crippen molar-refractivity contribution in [1.29, 1.82) is 0 Å². The zero-order valence-corrected chi connectivity index (χ0v) is 19.3. The Morgan fingerprint density at radius 3 is 2.39 bits per heavy atom. The fraction of sp³-hybridized carbons (Fsp3) is 0.600. The molecule has 0 spiro atoms. The second-order valence-corrected chi connectivity index (χ2v) is 9.61. The minimum Gasteiger partial charge on any atom is -0.372 e. The van der Waals surface area contributed by atoms with Gasteiger partial charge in [0.15, 0.2) is 0 Å². The third-order valence-electron chi connectivity index (χ3n) is 6.65. The molecular formula is C25H36N4O2. The Hall–Kier alpha value is -2.18. The van der Waals surface area contributed by atoms with E-state index in [4.69, 9.17) is 4.74 Å². The fourth-order valence-electron chi connectivity index (χ4n) is 4.94. The highest BCUT2D eigenvalue weighted by Crippen LogP contribution is 2.30. The van der Waals surface area contributed by atoms with Crippen LogP contribution in [0.1, 0.15) is 79.6 Å². The molecule has 1 aromatic carbocycles. The Balaban J connectivity index is 1.35. The zero-order chi connectivity index (χ0) is 22.0. The normalized spacial score (nSPS) is 23.5. The third-order valence-corrected chi connectivity index (χ3v) is 6.65. The molecule has 3 heterocycles. The number of nitrogens with one attached hydrogen (secondary N) is 1. The molecule has 31 heavy (non-hydrogen) atoms. The van der Waals surface area contributed by atoms with E-state index in [9.17, 15) is 4.79 Å². The SMILES string of the molecule is CC(C)c1ccc(CN2CCC(c3[nH]ncc3C(=O)N3C[C@H](C)O[C@@H](C)C3)CC2)cc1. The molecule has 1 aromatic heterocycles. The molecule has 0 unspecified atom stereocenters. The lowest BCUT2D eigenvalue weighted by molar-refractivity contribution is -0.0586. The maximum atomic E-state index is 13.2. The number of rotatable bonds is 5. The molecule has 2 aliphatic rings. The van der Waals surface area contributed by atoms with Crippen molar-refractivity contribution in [1.82, 2.24) is 20.0 Å². The summed E-state index contributed by atoms with van der Waals surface area (Å²) in [5.41, 5.74) is 4.51. The molecule has 2 fully saturated rings. The first kappa shape index (κ1) is 22.0. The number of likely N-dealkylation sites (tertiary alicyclic amines) is 1. The highest BCUT2D eigenvalue weighted by Gasteiger charge is 2.31. The molecule has 1 amide bonds. The van der Waals surface area contributed by atoms with Gasteiger partial charge in [-0.2, -0.15) is 5.10 Å². The van der Waals surface area contributed by atoms with Crippen LogP contribution in [0.3, 0.4) is 0 Å².